The molecule has 0 spiro atoms. The number of anilines is 1. The van der Waals surface area contributed by atoms with Gasteiger partial charge in [0.1, 0.15) is 0 Å². The molecule has 2 aromatic rings. The summed E-state index contributed by atoms with van der Waals surface area (Å²) in [5, 5.41) is 4.38. The molecule has 1 unspecified atom stereocenters. The molecule has 1 aliphatic heterocycles. The number of nitrogens with one attached hydrogen (secondary N) is 1. The Morgan fingerprint density at radius 1 is 1.18 bits per heavy atom. The summed E-state index contributed by atoms with van der Waals surface area (Å²) in [5.41, 5.74) is 1.07. The highest BCUT2D eigenvalue weighted by Crippen LogP contribution is 2.21. The summed E-state index contributed by atoms with van der Waals surface area (Å²) in [5.74, 6) is 0.805. The molecule has 5 nitrogen and oxygen atoms in total. The van der Waals surface area contributed by atoms with Crippen LogP contribution in [0.5, 0.6) is 0 Å². The third kappa shape index (κ3) is 4.03. The summed E-state index contributed by atoms with van der Waals surface area (Å²) >= 11 is 1.44. The van der Waals surface area contributed by atoms with E-state index in [0.29, 0.717) is 6.04 Å². The predicted molar refractivity (Wildman–Crippen MR) is 92.4 cm³/mol. The standard InChI is InChI=1S/C16H23N5S/c1-13(12-21-10-8-20(2)9-11-21)17-16-18-15(19-22-16)14-6-4-3-5-7-14/h3-7,13H,8-12H2,1-2H3,(H,17,18,19). The van der Waals surface area contributed by atoms with E-state index in [1.165, 1.54) is 11.5 Å². The van der Waals surface area contributed by atoms with E-state index in [1.54, 1.807) is 0 Å². The van der Waals surface area contributed by atoms with Crippen LogP contribution in [0.25, 0.3) is 11.4 Å². The highest BCUT2D eigenvalue weighted by molar-refractivity contribution is 7.09. The first-order valence-electron chi connectivity index (χ1n) is 7.77. The average Bonchev–Trinajstić information content (AvgIpc) is 2.99. The van der Waals surface area contributed by atoms with Crippen LogP contribution >= 0.6 is 11.5 Å². The Morgan fingerprint density at radius 2 is 1.91 bits per heavy atom. The maximum absolute atomic E-state index is 4.60. The molecular formula is C16H23N5S. The quantitative estimate of drug-likeness (QED) is 0.916. The molecule has 1 atom stereocenters. The van der Waals surface area contributed by atoms with Gasteiger partial charge in [-0.2, -0.15) is 9.36 Å². The second-order valence-electron chi connectivity index (χ2n) is 5.94. The van der Waals surface area contributed by atoms with Gasteiger partial charge >= 0.3 is 0 Å². The summed E-state index contributed by atoms with van der Waals surface area (Å²) in [6.45, 7) is 7.87. The number of benzene rings is 1. The van der Waals surface area contributed by atoms with Gasteiger partial charge in [-0.05, 0) is 14.0 Å². The molecule has 1 aromatic heterocycles. The largest absolute Gasteiger partial charge is 0.357 e. The van der Waals surface area contributed by atoms with Crippen LogP contribution in [-0.2, 0) is 0 Å². The van der Waals surface area contributed by atoms with Crippen LogP contribution in [0.15, 0.2) is 30.3 Å². The lowest BCUT2D eigenvalue weighted by molar-refractivity contribution is 0.151. The average molecular weight is 317 g/mol. The first-order valence-corrected chi connectivity index (χ1v) is 8.54. The molecule has 0 saturated carbocycles. The molecule has 0 bridgehead atoms. The van der Waals surface area contributed by atoms with Crippen LogP contribution in [0.3, 0.4) is 0 Å². The molecule has 1 N–H and O–H groups in total. The minimum atomic E-state index is 0.375. The second kappa shape index (κ2) is 7.17. The molecule has 6 heteroatoms. The van der Waals surface area contributed by atoms with Gasteiger partial charge in [0.25, 0.3) is 0 Å². The van der Waals surface area contributed by atoms with Gasteiger partial charge < -0.3 is 10.2 Å². The van der Waals surface area contributed by atoms with Crippen molar-refractivity contribution in [2.24, 2.45) is 0 Å². The van der Waals surface area contributed by atoms with Crippen molar-refractivity contribution < 1.29 is 0 Å². The first-order chi connectivity index (χ1) is 10.7. The molecular weight excluding hydrogens is 294 g/mol. The number of hydrogen-bond donors (Lipinski definition) is 1. The zero-order valence-electron chi connectivity index (χ0n) is 13.2. The van der Waals surface area contributed by atoms with Gasteiger partial charge in [-0.15, -0.1) is 0 Å². The smallest absolute Gasteiger partial charge is 0.203 e. The zero-order valence-corrected chi connectivity index (χ0v) is 14.0. The Bertz CT molecular complexity index is 577. The van der Waals surface area contributed by atoms with Gasteiger partial charge in [-0.3, -0.25) is 4.90 Å². The Labute approximate surface area is 136 Å². The fourth-order valence-corrected chi connectivity index (χ4v) is 3.36. The third-order valence-corrected chi connectivity index (χ3v) is 4.60. The molecule has 22 heavy (non-hydrogen) atoms. The summed E-state index contributed by atoms with van der Waals surface area (Å²) < 4.78 is 4.44. The van der Waals surface area contributed by atoms with Gasteiger partial charge in [-0.25, -0.2) is 0 Å². The molecule has 1 aromatic carbocycles. The van der Waals surface area contributed by atoms with E-state index in [1.807, 2.05) is 30.3 Å². The van der Waals surface area contributed by atoms with Crippen LogP contribution in [0.1, 0.15) is 6.92 Å². The van der Waals surface area contributed by atoms with Crippen molar-refractivity contribution in [3.63, 3.8) is 0 Å². The number of rotatable bonds is 5. The van der Waals surface area contributed by atoms with Crippen molar-refractivity contribution in [2.45, 2.75) is 13.0 Å². The lowest BCUT2D eigenvalue weighted by Crippen LogP contribution is -2.47. The van der Waals surface area contributed by atoms with Crippen molar-refractivity contribution in [3.05, 3.63) is 30.3 Å². The lowest BCUT2D eigenvalue weighted by atomic mass is 10.2. The van der Waals surface area contributed by atoms with Crippen molar-refractivity contribution in [1.82, 2.24) is 19.2 Å². The Kier molecular flexibility index (Phi) is 5.02. The van der Waals surface area contributed by atoms with Crippen molar-refractivity contribution in [2.75, 3.05) is 45.1 Å². The monoisotopic (exact) mass is 317 g/mol. The van der Waals surface area contributed by atoms with Crippen LogP contribution in [0.4, 0.5) is 5.13 Å². The molecule has 0 amide bonds. The topological polar surface area (TPSA) is 44.3 Å². The maximum atomic E-state index is 4.60. The van der Waals surface area contributed by atoms with E-state index in [2.05, 4.69) is 38.4 Å². The molecule has 1 aliphatic rings. The molecule has 118 valence electrons. The summed E-state index contributed by atoms with van der Waals surface area (Å²) in [6.07, 6.45) is 0. The van der Waals surface area contributed by atoms with Gasteiger partial charge in [-0.1, -0.05) is 30.3 Å². The number of nitrogens with zero attached hydrogens (tertiary/aromatic N) is 4. The van der Waals surface area contributed by atoms with E-state index in [9.17, 15) is 0 Å². The number of hydrogen-bond acceptors (Lipinski definition) is 6. The summed E-state index contributed by atoms with van der Waals surface area (Å²) in [6, 6.07) is 10.5. The highest BCUT2D eigenvalue weighted by atomic mass is 32.1. The molecule has 1 saturated heterocycles. The van der Waals surface area contributed by atoms with Gasteiger partial charge in [0.2, 0.25) is 5.13 Å². The Balaban J connectivity index is 1.54. The molecule has 2 heterocycles. The minimum Gasteiger partial charge on any atom is -0.357 e. The van der Waals surface area contributed by atoms with Crippen molar-refractivity contribution in [3.8, 4) is 11.4 Å². The first kappa shape index (κ1) is 15.4. The number of aromatic nitrogens is 2. The van der Waals surface area contributed by atoms with Gasteiger partial charge in [0, 0.05) is 55.9 Å². The minimum absolute atomic E-state index is 0.375. The third-order valence-electron chi connectivity index (χ3n) is 3.96. The predicted octanol–water partition coefficient (Wildman–Crippen LogP) is 2.25. The SMILES string of the molecule is CC(CN1CCN(C)CC1)Nc1nc(-c2ccccc2)ns1. The number of piperazine rings is 1. The molecule has 0 aliphatic carbocycles. The van der Waals surface area contributed by atoms with Gasteiger partial charge in [0.05, 0.1) is 0 Å². The van der Waals surface area contributed by atoms with Crippen LogP contribution in [-0.4, -0.2) is 65.0 Å². The molecule has 1 fully saturated rings. The van der Waals surface area contributed by atoms with E-state index in [4.69, 9.17) is 0 Å². The summed E-state index contributed by atoms with van der Waals surface area (Å²) in [7, 11) is 2.19. The summed E-state index contributed by atoms with van der Waals surface area (Å²) in [4.78, 5) is 9.49. The van der Waals surface area contributed by atoms with E-state index < -0.39 is 0 Å². The fraction of sp³-hybridized carbons (Fsp3) is 0.500. The highest BCUT2D eigenvalue weighted by Gasteiger charge is 2.17. The Hall–Kier alpha value is -1.50. The van der Waals surface area contributed by atoms with Crippen molar-refractivity contribution >= 4 is 16.7 Å². The van der Waals surface area contributed by atoms with Crippen LogP contribution in [0, 0.1) is 0 Å². The van der Waals surface area contributed by atoms with E-state index in [0.717, 1.165) is 49.2 Å². The van der Waals surface area contributed by atoms with Crippen LogP contribution in [0.2, 0.25) is 0 Å². The number of likely N-dealkylation sites (N-methyl/N-ethyl adjacent to an activating group) is 1. The maximum Gasteiger partial charge on any atom is 0.203 e. The lowest BCUT2D eigenvalue weighted by Gasteiger charge is -2.33. The zero-order chi connectivity index (χ0) is 15.4. The van der Waals surface area contributed by atoms with Gasteiger partial charge in [0.15, 0.2) is 5.82 Å². The van der Waals surface area contributed by atoms with E-state index >= 15 is 0 Å². The fourth-order valence-electron chi connectivity index (χ4n) is 2.66. The Morgan fingerprint density at radius 3 is 2.64 bits per heavy atom. The second-order valence-corrected chi connectivity index (χ2v) is 6.69. The van der Waals surface area contributed by atoms with E-state index in [-0.39, 0.29) is 0 Å². The normalized spacial score (nSPS) is 18.3. The molecule has 0 radical (unpaired) electrons. The van der Waals surface area contributed by atoms with Crippen molar-refractivity contribution in [1.29, 1.82) is 0 Å². The molecule has 3 rings (SSSR count). The van der Waals surface area contributed by atoms with Crippen LogP contribution < -0.4 is 5.32 Å².